The van der Waals surface area contributed by atoms with Crippen molar-refractivity contribution in [2.24, 2.45) is 0 Å². The summed E-state index contributed by atoms with van der Waals surface area (Å²) in [4.78, 5) is 24.0. The van der Waals surface area contributed by atoms with Crippen molar-refractivity contribution in [1.82, 2.24) is 15.5 Å². The standard InChI is InChI=1S/C10H15N3O2/c1-2-9(14)12-4-3-10(15)13-7-5-11-6-8-13/h1,11H,3-8H2,(H,12,14). The minimum atomic E-state index is -0.469. The van der Waals surface area contributed by atoms with Crippen molar-refractivity contribution in [3.63, 3.8) is 0 Å². The molecule has 0 atom stereocenters. The molecule has 5 nitrogen and oxygen atoms in total. The fourth-order valence-corrected chi connectivity index (χ4v) is 1.41. The molecule has 0 aromatic heterocycles. The Kier molecular flexibility index (Phi) is 4.64. The number of amides is 2. The summed E-state index contributed by atoms with van der Waals surface area (Å²) in [6.45, 7) is 3.46. The average molecular weight is 209 g/mol. The second-order valence-corrected chi connectivity index (χ2v) is 3.28. The van der Waals surface area contributed by atoms with E-state index in [0.29, 0.717) is 13.0 Å². The van der Waals surface area contributed by atoms with Gasteiger partial charge in [0.1, 0.15) is 0 Å². The van der Waals surface area contributed by atoms with Crippen molar-refractivity contribution in [2.75, 3.05) is 32.7 Å². The summed E-state index contributed by atoms with van der Waals surface area (Å²) >= 11 is 0. The Labute approximate surface area is 89.2 Å². The van der Waals surface area contributed by atoms with E-state index in [-0.39, 0.29) is 5.91 Å². The number of nitrogens with zero attached hydrogens (tertiary/aromatic N) is 1. The topological polar surface area (TPSA) is 61.4 Å². The maximum Gasteiger partial charge on any atom is 0.295 e. The van der Waals surface area contributed by atoms with Crippen LogP contribution >= 0.6 is 0 Å². The van der Waals surface area contributed by atoms with E-state index < -0.39 is 5.91 Å². The maximum absolute atomic E-state index is 11.6. The lowest BCUT2D eigenvalue weighted by Crippen LogP contribution is -2.47. The summed E-state index contributed by atoms with van der Waals surface area (Å²) in [6.07, 6.45) is 5.18. The van der Waals surface area contributed by atoms with Gasteiger partial charge in [-0.3, -0.25) is 9.59 Å². The van der Waals surface area contributed by atoms with E-state index in [1.807, 2.05) is 5.92 Å². The Bertz CT molecular complexity index is 277. The molecule has 1 aliphatic heterocycles. The summed E-state index contributed by atoms with van der Waals surface area (Å²) < 4.78 is 0. The van der Waals surface area contributed by atoms with E-state index in [1.54, 1.807) is 4.90 Å². The first kappa shape index (κ1) is 11.5. The fraction of sp³-hybridized carbons (Fsp3) is 0.600. The lowest BCUT2D eigenvalue weighted by atomic mass is 10.3. The second kappa shape index (κ2) is 6.04. The van der Waals surface area contributed by atoms with Crippen molar-refractivity contribution in [3.8, 4) is 12.3 Å². The lowest BCUT2D eigenvalue weighted by Gasteiger charge is -2.27. The number of nitrogens with one attached hydrogen (secondary N) is 2. The predicted molar refractivity (Wildman–Crippen MR) is 55.9 cm³/mol. The van der Waals surface area contributed by atoms with Crippen molar-refractivity contribution in [1.29, 1.82) is 0 Å². The molecule has 1 fully saturated rings. The van der Waals surface area contributed by atoms with Gasteiger partial charge in [0.05, 0.1) is 0 Å². The van der Waals surface area contributed by atoms with Gasteiger partial charge in [0.2, 0.25) is 5.91 Å². The Morgan fingerprint density at radius 1 is 1.40 bits per heavy atom. The third-order valence-corrected chi connectivity index (χ3v) is 2.23. The molecule has 1 saturated heterocycles. The molecule has 1 rings (SSSR count). The van der Waals surface area contributed by atoms with E-state index in [9.17, 15) is 9.59 Å². The highest BCUT2D eigenvalue weighted by Gasteiger charge is 2.15. The summed E-state index contributed by atoms with van der Waals surface area (Å²) in [5, 5.41) is 5.63. The number of carbonyl (C=O) groups is 2. The van der Waals surface area contributed by atoms with Crippen LogP contribution in [0.2, 0.25) is 0 Å². The molecule has 0 radical (unpaired) electrons. The molecule has 15 heavy (non-hydrogen) atoms. The van der Waals surface area contributed by atoms with Crippen LogP contribution in [-0.4, -0.2) is 49.4 Å². The minimum absolute atomic E-state index is 0.0637. The molecule has 0 aliphatic carbocycles. The number of terminal acetylenes is 1. The molecule has 0 aromatic rings. The molecule has 1 heterocycles. The number of piperazine rings is 1. The van der Waals surface area contributed by atoms with Gasteiger partial charge >= 0.3 is 0 Å². The van der Waals surface area contributed by atoms with Crippen LogP contribution in [0.15, 0.2) is 0 Å². The zero-order chi connectivity index (χ0) is 11.1. The molecular formula is C10H15N3O2. The molecule has 0 unspecified atom stereocenters. The molecule has 0 spiro atoms. The van der Waals surface area contributed by atoms with Crippen LogP contribution in [0.3, 0.4) is 0 Å². The normalized spacial score (nSPS) is 15.5. The fourth-order valence-electron chi connectivity index (χ4n) is 1.41. The highest BCUT2D eigenvalue weighted by Crippen LogP contribution is 1.95. The summed E-state index contributed by atoms with van der Waals surface area (Å²) in [5.41, 5.74) is 0. The molecule has 0 saturated carbocycles. The molecule has 82 valence electrons. The van der Waals surface area contributed by atoms with E-state index in [2.05, 4.69) is 10.6 Å². The van der Waals surface area contributed by atoms with Gasteiger partial charge < -0.3 is 15.5 Å². The number of carbonyl (C=O) groups excluding carboxylic acids is 2. The zero-order valence-electron chi connectivity index (χ0n) is 8.58. The number of rotatable bonds is 3. The van der Waals surface area contributed by atoms with Gasteiger partial charge in [-0.25, -0.2) is 0 Å². The molecule has 0 aromatic carbocycles. The Balaban J connectivity index is 2.18. The highest BCUT2D eigenvalue weighted by molar-refractivity contribution is 5.93. The smallest absolute Gasteiger partial charge is 0.295 e. The van der Waals surface area contributed by atoms with Crippen molar-refractivity contribution < 1.29 is 9.59 Å². The Morgan fingerprint density at radius 2 is 2.07 bits per heavy atom. The lowest BCUT2D eigenvalue weighted by molar-refractivity contribution is -0.131. The summed E-state index contributed by atoms with van der Waals surface area (Å²) in [5.74, 6) is 1.53. The van der Waals surface area contributed by atoms with Gasteiger partial charge in [-0.15, -0.1) is 6.42 Å². The van der Waals surface area contributed by atoms with Crippen LogP contribution in [0.4, 0.5) is 0 Å². The van der Waals surface area contributed by atoms with E-state index in [0.717, 1.165) is 26.2 Å². The second-order valence-electron chi connectivity index (χ2n) is 3.28. The Hall–Kier alpha value is -1.54. The molecule has 0 bridgehead atoms. The maximum atomic E-state index is 11.6. The van der Waals surface area contributed by atoms with Crippen LogP contribution in [0, 0.1) is 12.3 Å². The van der Waals surface area contributed by atoms with Gasteiger partial charge in [-0.05, 0) is 5.92 Å². The monoisotopic (exact) mass is 209 g/mol. The van der Waals surface area contributed by atoms with Gasteiger partial charge in [-0.2, -0.15) is 0 Å². The van der Waals surface area contributed by atoms with Crippen LogP contribution in [0.1, 0.15) is 6.42 Å². The van der Waals surface area contributed by atoms with Gasteiger partial charge in [0.25, 0.3) is 5.91 Å². The molecule has 1 aliphatic rings. The Morgan fingerprint density at radius 3 is 2.67 bits per heavy atom. The summed E-state index contributed by atoms with van der Waals surface area (Å²) in [7, 11) is 0. The van der Waals surface area contributed by atoms with E-state index in [1.165, 1.54) is 0 Å². The van der Waals surface area contributed by atoms with E-state index in [4.69, 9.17) is 6.42 Å². The van der Waals surface area contributed by atoms with Gasteiger partial charge in [0, 0.05) is 39.1 Å². The predicted octanol–water partition coefficient (Wildman–Crippen LogP) is -1.44. The van der Waals surface area contributed by atoms with Crippen LogP contribution in [0.5, 0.6) is 0 Å². The quantitative estimate of drug-likeness (QED) is 0.559. The van der Waals surface area contributed by atoms with Crippen LogP contribution in [0.25, 0.3) is 0 Å². The first-order valence-electron chi connectivity index (χ1n) is 4.97. The zero-order valence-corrected chi connectivity index (χ0v) is 8.58. The van der Waals surface area contributed by atoms with Crippen molar-refractivity contribution in [2.45, 2.75) is 6.42 Å². The molecular weight excluding hydrogens is 194 g/mol. The van der Waals surface area contributed by atoms with Crippen LogP contribution < -0.4 is 10.6 Å². The largest absolute Gasteiger partial charge is 0.345 e. The van der Waals surface area contributed by atoms with Crippen molar-refractivity contribution in [3.05, 3.63) is 0 Å². The van der Waals surface area contributed by atoms with Crippen LogP contribution in [-0.2, 0) is 9.59 Å². The number of hydrogen-bond donors (Lipinski definition) is 2. The van der Waals surface area contributed by atoms with E-state index >= 15 is 0 Å². The molecule has 5 heteroatoms. The minimum Gasteiger partial charge on any atom is -0.345 e. The average Bonchev–Trinajstić information content (AvgIpc) is 2.29. The molecule has 2 amide bonds. The third-order valence-electron chi connectivity index (χ3n) is 2.23. The summed E-state index contributed by atoms with van der Waals surface area (Å²) in [6, 6.07) is 0. The highest BCUT2D eigenvalue weighted by atomic mass is 16.2. The third kappa shape index (κ3) is 4.00. The van der Waals surface area contributed by atoms with Gasteiger partial charge in [0.15, 0.2) is 0 Å². The molecule has 2 N–H and O–H groups in total. The van der Waals surface area contributed by atoms with Crippen molar-refractivity contribution >= 4 is 11.8 Å². The van der Waals surface area contributed by atoms with Gasteiger partial charge in [-0.1, -0.05) is 0 Å². The SMILES string of the molecule is C#CC(=O)NCCC(=O)N1CCNCC1. The first-order valence-corrected chi connectivity index (χ1v) is 4.97. The first-order chi connectivity index (χ1) is 7.24. The number of hydrogen-bond acceptors (Lipinski definition) is 3.